The van der Waals surface area contributed by atoms with Crippen molar-refractivity contribution in [2.75, 3.05) is 12.9 Å². The number of nitrogens with one attached hydrogen (secondary N) is 1. The fourth-order valence-corrected chi connectivity index (χ4v) is 2.51. The molecule has 104 valence electrons. The maximum Gasteiger partial charge on any atom is 0.284 e. The van der Waals surface area contributed by atoms with Crippen LogP contribution in [0.25, 0.3) is 0 Å². The Morgan fingerprint density at radius 2 is 2.06 bits per heavy atom. The second-order valence-electron chi connectivity index (χ2n) is 4.49. The number of hydrogen-bond acceptors (Lipinski definition) is 6. The van der Waals surface area contributed by atoms with E-state index in [1.54, 1.807) is 0 Å². The molecule has 2 aliphatic rings. The number of hydroxylamine groups is 1. The molecule has 18 heavy (non-hydrogen) atoms. The minimum atomic E-state index is -3.61. The molecule has 1 saturated carbocycles. The minimum absolute atomic E-state index is 0.00266. The average molecular weight is 298 g/mol. The van der Waals surface area contributed by atoms with Gasteiger partial charge in [0.25, 0.3) is 10.1 Å². The number of ether oxygens (including phenoxy) is 2. The molecule has 2 rings (SSSR count). The minimum Gasteiger partial charge on any atom is -0.461 e. The summed E-state index contributed by atoms with van der Waals surface area (Å²) in [5, 5.41) is 0.00266. The standard InChI is InChI=1S/C10H16ClNO5S/c1-18(13,14)17-12-9(11)8-7-15-10(16-8)5-3-2-4-6-10/h12H,2-7H2,1H3/b9-8-. The van der Waals surface area contributed by atoms with Crippen LogP contribution in [-0.2, 0) is 23.9 Å². The van der Waals surface area contributed by atoms with Crippen LogP contribution in [0.15, 0.2) is 10.9 Å². The van der Waals surface area contributed by atoms with E-state index in [1.807, 2.05) is 0 Å². The molecule has 6 nitrogen and oxygen atoms in total. The Morgan fingerprint density at radius 3 is 2.67 bits per heavy atom. The van der Waals surface area contributed by atoms with Crippen LogP contribution in [0.4, 0.5) is 0 Å². The van der Waals surface area contributed by atoms with Crippen LogP contribution in [0.1, 0.15) is 32.1 Å². The second kappa shape index (κ2) is 5.24. The van der Waals surface area contributed by atoms with Crippen molar-refractivity contribution in [2.45, 2.75) is 37.9 Å². The van der Waals surface area contributed by atoms with Crippen molar-refractivity contribution >= 4 is 21.7 Å². The monoisotopic (exact) mass is 297 g/mol. The Kier molecular flexibility index (Phi) is 4.05. The van der Waals surface area contributed by atoms with E-state index in [2.05, 4.69) is 9.76 Å². The zero-order valence-electron chi connectivity index (χ0n) is 10.1. The Morgan fingerprint density at radius 1 is 1.39 bits per heavy atom. The van der Waals surface area contributed by atoms with Crippen LogP contribution >= 0.6 is 11.6 Å². The molecule has 8 heteroatoms. The van der Waals surface area contributed by atoms with Gasteiger partial charge >= 0.3 is 0 Å². The molecule has 1 aliphatic carbocycles. The molecule has 0 atom stereocenters. The predicted octanol–water partition coefficient (Wildman–Crippen LogP) is 1.58. The Bertz CT molecular complexity index is 441. The second-order valence-corrected chi connectivity index (χ2v) is 6.44. The Labute approximate surface area is 111 Å². The van der Waals surface area contributed by atoms with E-state index in [1.165, 1.54) is 6.42 Å². The lowest BCUT2D eigenvalue weighted by atomic mass is 9.94. The smallest absolute Gasteiger partial charge is 0.284 e. The van der Waals surface area contributed by atoms with Gasteiger partial charge in [-0.05, 0) is 12.8 Å². The molecule has 0 radical (unpaired) electrons. The zero-order valence-corrected chi connectivity index (χ0v) is 11.6. The Balaban J connectivity index is 1.98. The van der Waals surface area contributed by atoms with Crippen molar-refractivity contribution in [1.29, 1.82) is 0 Å². The highest BCUT2D eigenvalue weighted by Crippen LogP contribution is 2.39. The summed E-state index contributed by atoms with van der Waals surface area (Å²) in [4.78, 5) is 0. The van der Waals surface area contributed by atoms with Gasteiger partial charge in [-0.2, -0.15) is 12.7 Å². The van der Waals surface area contributed by atoms with Crippen LogP contribution in [0.5, 0.6) is 0 Å². The summed E-state index contributed by atoms with van der Waals surface area (Å²) < 4.78 is 37.3. The molecule has 0 aromatic heterocycles. The topological polar surface area (TPSA) is 73.9 Å². The molecule has 1 saturated heterocycles. The van der Waals surface area contributed by atoms with Gasteiger partial charge < -0.3 is 9.47 Å². The molecule has 0 unspecified atom stereocenters. The molecule has 1 aliphatic heterocycles. The van der Waals surface area contributed by atoms with E-state index < -0.39 is 15.9 Å². The predicted molar refractivity (Wildman–Crippen MR) is 64.8 cm³/mol. The molecule has 0 aromatic rings. The molecular formula is C10H16ClNO5S. The van der Waals surface area contributed by atoms with Crippen LogP contribution in [-0.4, -0.2) is 27.1 Å². The van der Waals surface area contributed by atoms with Gasteiger partial charge in [-0.15, -0.1) is 0 Å². The summed E-state index contributed by atoms with van der Waals surface area (Å²) in [5.41, 5.74) is 2.14. The summed E-state index contributed by atoms with van der Waals surface area (Å²) in [6, 6.07) is 0. The highest BCUT2D eigenvalue weighted by Gasteiger charge is 2.41. The van der Waals surface area contributed by atoms with E-state index in [0.29, 0.717) is 5.76 Å². The first kappa shape index (κ1) is 13.9. The van der Waals surface area contributed by atoms with Gasteiger partial charge in [0, 0.05) is 12.8 Å². The number of rotatable bonds is 3. The first-order valence-corrected chi connectivity index (χ1v) is 7.96. The molecule has 1 heterocycles. The third-order valence-electron chi connectivity index (χ3n) is 2.92. The highest BCUT2D eigenvalue weighted by atomic mass is 35.5. The number of hydrogen-bond donors (Lipinski definition) is 1. The van der Waals surface area contributed by atoms with Gasteiger partial charge in [0.2, 0.25) is 5.79 Å². The lowest BCUT2D eigenvalue weighted by molar-refractivity contribution is -0.169. The van der Waals surface area contributed by atoms with Crippen LogP contribution < -0.4 is 5.48 Å². The van der Waals surface area contributed by atoms with E-state index in [0.717, 1.165) is 31.9 Å². The molecule has 0 bridgehead atoms. The van der Waals surface area contributed by atoms with Crippen molar-refractivity contribution in [3.8, 4) is 0 Å². The number of halogens is 1. The Hall–Kier alpha value is -0.500. The molecule has 2 fully saturated rings. The molecular weight excluding hydrogens is 282 g/mol. The third-order valence-corrected chi connectivity index (χ3v) is 3.59. The summed E-state index contributed by atoms with van der Waals surface area (Å²) in [6.07, 6.45) is 5.86. The lowest BCUT2D eigenvalue weighted by Crippen LogP contribution is -2.32. The van der Waals surface area contributed by atoms with Gasteiger partial charge in [-0.25, -0.2) is 5.48 Å². The van der Waals surface area contributed by atoms with E-state index >= 15 is 0 Å². The SMILES string of the molecule is CS(=O)(=O)ON/C(Cl)=C1/COC2(CCCCC2)O1. The van der Waals surface area contributed by atoms with Gasteiger partial charge in [-0.3, -0.25) is 0 Å². The zero-order chi connectivity index (χ0) is 13.2. The van der Waals surface area contributed by atoms with Crippen molar-refractivity contribution in [1.82, 2.24) is 5.48 Å². The van der Waals surface area contributed by atoms with Crippen molar-refractivity contribution < 1.29 is 22.2 Å². The van der Waals surface area contributed by atoms with E-state index in [9.17, 15) is 8.42 Å². The maximum absolute atomic E-state index is 10.8. The average Bonchev–Trinajstić information content (AvgIpc) is 2.70. The van der Waals surface area contributed by atoms with Gasteiger partial charge in [0.15, 0.2) is 10.9 Å². The van der Waals surface area contributed by atoms with E-state index in [4.69, 9.17) is 21.1 Å². The summed E-state index contributed by atoms with van der Waals surface area (Å²) in [7, 11) is -3.61. The van der Waals surface area contributed by atoms with Crippen LogP contribution in [0.3, 0.4) is 0 Å². The first-order valence-electron chi connectivity index (χ1n) is 5.76. The largest absolute Gasteiger partial charge is 0.461 e. The van der Waals surface area contributed by atoms with Crippen LogP contribution in [0.2, 0.25) is 0 Å². The normalized spacial score (nSPS) is 25.9. The molecule has 0 aromatic carbocycles. The summed E-state index contributed by atoms with van der Waals surface area (Å²) in [6.45, 7) is 0.221. The molecule has 0 amide bonds. The van der Waals surface area contributed by atoms with Crippen molar-refractivity contribution in [3.05, 3.63) is 10.9 Å². The van der Waals surface area contributed by atoms with Gasteiger partial charge in [-0.1, -0.05) is 18.0 Å². The summed E-state index contributed by atoms with van der Waals surface area (Å²) >= 11 is 5.87. The molecule has 1 N–H and O–H groups in total. The van der Waals surface area contributed by atoms with Gasteiger partial charge in [0.05, 0.1) is 6.26 Å². The van der Waals surface area contributed by atoms with Crippen molar-refractivity contribution in [3.63, 3.8) is 0 Å². The lowest BCUT2D eigenvalue weighted by Gasteiger charge is -2.30. The highest BCUT2D eigenvalue weighted by molar-refractivity contribution is 7.85. The fourth-order valence-electron chi connectivity index (χ4n) is 2.09. The quantitative estimate of drug-likeness (QED) is 0.630. The third kappa shape index (κ3) is 3.50. The van der Waals surface area contributed by atoms with E-state index in [-0.39, 0.29) is 11.8 Å². The molecule has 1 spiro atoms. The van der Waals surface area contributed by atoms with Gasteiger partial charge in [0.1, 0.15) is 6.61 Å². The summed E-state index contributed by atoms with van der Waals surface area (Å²) in [5.74, 6) is -0.206. The van der Waals surface area contributed by atoms with Crippen LogP contribution in [0, 0.1) is 0 Å². The fraction of sp³-hybridized carbons (Fsp3) is 0.800. The first-order chi connectivity index (χ1) is 8.40. The van der Waals surface area contributed by atoms with Crippen molar-refractivity contribution in [2.24, 2.45) is 0 Å². The maximum atomic E-state index is 10.8.